The molecule has 0 saturated carbocycles. The minimum Gasteiger partial charge on any atom is -0.511 e. The Morgan fingerprint density at radius 1 is 1.50 bits per heavy atom. The first-order chi connectivity index (χ1) is 4.59. The summed E-state index contributed by atoms with van der Waals surface area (Å²) in [4.78, 5) is 11.2. The van der Waals surface area contributed by atoms with Gasteiger partial charge in [-0.3, -0.25) is 4.79 Å². The van der Waals surface area contributed by atoms with Crippen LogP contribution in [0, 0.1) is 0 Å². The van der Waals surface area contributed by atoms with Gasteiger partial charge < -0.3 is 5.11 Å². The second-order valence-corrected chi connectivity index (χ2v) is 3.18. The number of Topliss-reactive ketones (excluding diaryl/α,β-unsaturated/α-hetero) is 1. The fourth-order valence-electron chi connectivity index (χ4n) is 0.605. The van der Waals surface area contributed by atoms with Crippen molar-refractivity contribution in [1.29, 1.82) is 0 Å². The lowest BCUT2D eigenvalue weighted by molar-refractivity contribution is -0.113. The summed E-state index contributed by atoms with van der Waals surface area (Å²) in [5, 5.41) is 8.95. The highest BCUT2D eigenvalue weighted by Gasteiger charge is 2.06. The van der Waals surface area contributed by atoms with Gasteiger partial charge in [-0.05, 0) is 19.6 Å². The number of hydrogen-bond donors (Lipinski definition) is 1. The quantitative estimate of drug-likeness (QED) is 0.507. The number of carbonyl (C=O) groups excluding carboxylic acids is 1. The molecular weight excluding hydrogens is 148 g/mol. The molecule has 0 atom stereocenters. The Morgan fingerprint density at radius 3 is 2.10 bits per heavy atom. The first kappa shape index (κ1) is 9.56. The van der Waals surface area contributed by atoms with E-state index in [9.17, 15) is 4.79 Å². The van der Waals surface area contributed by atoms with Crippen LogP contribution in [0.3, 0.4) is 0 Å². The number of aliphatic hydroxyl groups excluding tert-OH is 1. The molecule has 0 aromatic rings. The van der Waals surface area contributed by atoms with Gasteiger partial charge in [0.05, 0.1) is 4.91 Å². The molecule has 1 N–H and O–H groups in total. The Balaban J connectivity index is 4.28. The van der Waals surface area contributed by atoms with Gasteiger partial charge in [-0.15, -0.1) is 11.8 Å². The second-order valence-electron chi connectivity index (χ2n) is 1.90. The maximum atomic E-state index is 10.7. The van der Waals surface area contributed by atoms with Crippen molar-refractivity contribution in [3.8, 4) is 0 Å². The van der Waals surface area contributed by atoms with Crippen LogP contribution in [0.4, 0.5) is 0 Å². The molecule has 0 radical (unpaired) electrons. The van der Waals surface area contributed by atoms with Gasteiger partial charge in [0.2, 0.25) is 0 Å². The highest BCUT2D eigenvalue weighted by Crippen LogP contribution is 2.18. The van der Waals surface area contributed by atoms with E-state index in [1.165, 1.54) is 25.6 Å². The fraction of sp³-hybridized carbons (Fsp3) is 0.571. The van der Waals surface area contributed by atoms with Crippen molar-refractivity contribution >= 4 is 17.5 Å². The van der Waals surface area contributed by atoms with Crippen LogP contribution < -0.4 is 0 Å². The standard InChI is InChI=1S/C7H12O2S/c1-4-10-7(5(2)8)6(3)9/h8H,4H2,1-3H3/b7-5+. The molecule has 0 aromatic carbocycles. The van der Waals surface area contributed by atoms with Crippen LogP contribution in [0.15, 0.2) is 10.7 Å². The van der Waals surface area contributed by atoms with E-state index in [0.29, 0.717) is 4.91 Å². The molecule has 0 aliphatic rings. The van der Waals surface area contributed by atoms with Gasteiger partial charge in [0.1, 0.15) is 5.76 Å². The SMILES string of the molecule is CCS/C(C(C)=O)=C(\C)O. The van der Waals surface area contributed by atoms with Gasteiger partial charge in [-0.2, -0.15) is 0 Å². The Morgan fingerprint density at radius 2 is 2.00 bits per heavy atom. The molecule has 0 aromatic heterocycles. The molecule has 10 heavy (non-hydrogen) atoms. The molecule has 0 fully saturated rings. The van der Waals surface area contributed by atoms with Crippen LogP contribution in [-0.4, -0.2) is 16.6 Å². The second kappa shape index (κ2) is 4.39. The lowest BCUT2D eigenvalue weighted by Gasteiger charge is -2.00. The van der Waals surface area contributed by atoms with Gasteiger partial charge in [0, 0.05) is 0 Å². The average molecular weight is 160 g/mol. The van der Waals surface area contributed by atoms with Gasteiger partial charge >= 0.3 is 0 Å². The Kier molecular flexibility index (Phi) is 4.19. The van der Waals surface area contributed by atoms with Crippen LogP contribution in [-0.2, 0) is 4.79 Å². The summed E-state index contributed by atoms with van der Waals surface area (Å²) < 4.78 is 0. The van der Waals surface area contributed by atoms with E-state index in [-0.39, 0.29) is 11.5 Å². The Hall–Kier alpha value is -0.440. The van der Waals surface area contributed by atoms with Crippen LogP contribution in [0.25, 0.3) is 0 Å². The summed E-state index contributed by atoms with van der Waals surface area (Å²) in [5.41, 5.74) is 0. The van der Waals surface area contributed by atoms with E-state index in [2.05, 4.69) is 0 Å². The van der Waals surface area contributed by atoms with E-state index >= 15 is 0 Å². The molecule has 0 amide bonds. The van der Waals surface area contributed by atoms with Crippen molar-refractivity contribution in [2.75, 3.05) is 5.75 Å². The maximum absolute atomic E-state index is 10.7. The van der Waals surface area contributed by atoms with Crippen molar-refractivity contribution in [2.45, 2.75) is 20.8 Å². The molecule has 0 aliphatic heterocycles. The van der Waals surface area contributed by atoms with E-state index < -0.39 is 0 Å². The first-order valence-corrected chi connectivity index (χ1v) is 4.11. The smallest absolute Gasteiger partial charge is 0.169 e. The van der Waals surface area contributed by atoms with Gasteiger partial charge in [0.15, 0.2) is 5.78 Å². The molecule has 0 heterocycles. The number of allylic oxidation sites excluding steroid dienone is 2. The Bertz CT molecular complexity index is 157. The summed E-state index contributed by atoms with van der Waals surface area (Å²) in [6.07, 6.45) is 0. The highest BCUT2D eigenvalue weighted by atomic mass is 32.2. The predicted molar refractivity (Wildman–Crippen MR) is 44.1 cm³/mol. The summed E-state index contributed by atoms with van der Waals surface area (Å²) in [5.74, 6) is 0.874. The minimum absolute atomic E-state index is 0.0631. The molecule has 58 valence electrons. The summed E-state index contributed by atoms with van der Waals surface area (Å²) in [6.45, 7) is 4.92. The maximum Gasteiger partial charge on any atom is 0.169 e. The summed E-state index contributed by atoms with van der Waals surface area (Å²) >= 11 is 1.37. The third-order valence-corrected chi connectivity index (χ3v) is 2.10. The van der Waals surface area contributed by atoms with E-state index in [0.717, 1.165) is 5.75 Å². The predicted octanol–water partition coefficient (Wildman–Crippen LogP) is 2.12. The number of hydrogen-bond acceptors (Lipinski definition) is 3. The van der Waals surface area contributed by atoms with Crippen LogP contribution in [0.1, 0.15) is 20.8 Å². The van der Waals surface area contributed by atoms with Crippen molar-refractivity contribution in [1.82, 2.24) is 0 Å². The number of ketones is 1. The molecule has 0 saturated heterocycles. The zero-order valence-corrected chi connectivity index (χ0v) is 7.29. The van der Waals surface area contributed by atoms with Crippen LogP contribution >= 0.6 is 11.8 Å². The monoisotopic (exact) mass is 160 g/mol. The first-order valence-electron chi connectivity index (χ1n) is 3.13. The molecule has 0 spiro atoms. The number of rotatable bonds is 3. The minimum atomic E-state index is -0.0631. The van der Waals surface area contributed by atoms with Gasteiger partial charge in [-0.1, -0.05) is 6.92 Å². The molecule has 0 aliphatic carbocycles. The average Bonchev–Trinajstić information content (AvgIpc) is 1.81. The normalized spacial score (nSPS) is 12.7. The van der Waals surface area contributed by atoms with Crippen LogP contribution in [0.5, 0.6) is 0 Å². The molecule has 0 bridgehead atoms. The zero-order valence-electron chi connectivity index (χ0n) is 6.47. The van der Waals surface area contributed by atoms with Crippen LogP contribution in [0.2, 0.25) is 0 Å². The highest BCUT2D eigenvalue weighted by molar-refractivity contribution is 8.03. The van der Waals surface area contributed by atoms with E-state index in [1.54, 1.807) is 0 Å². The third kappa shape index (κ3) is 2.92. The van der Waals surface area contributed by atoms with Crippen molar-refractivity contribution in [2.24, 2.45) is 0 Å². The molecule has 3 heteroatoms. The number of aliphatic hydroxyl groups is 1. The van der Waals surface area contributed by atoms with Gasteiger partial charge in [-0.25, -0.2) is 0 Å². The third-order valence-electron chi connectivity index (χ3n) is 0.937. The largest absolute Gasteiger partial charge is 0.511 e. The van der Waals surface area contributed by atoms with Crippen molar-refractivity contribution in [3.63, 3.8) is 0 Å². The topological polar surface area (TPSA) is 37.3 Å². The Labute approximate surface area is 65.3 Å². The molecule has 0 rings (SSSR count). The fourth-order valence-corrected chi connectivity index (χ4v) is 1.31. The molecule has 0 unspecified atom stereocenters. The van der Waals surface area contributed by atoms with E-state index in [4.69, 9.17) is 5.11 Å². The molecular formula is C7H12O2S. The lowest BCUT2D eigenvalue weighted by Crippen LogP contribution is -1.96. The van der Waals surface area contributed by atoms with Gasteiger partial charge in [0.25, 0.3) is 0 Å². The molecule has 2 nitrogen and oxygen atoms in total. The van der Waals surface area contributed by atoms with Crippen molar-refractivity contribution in [3.05, 3.63) is 10.7 Å². The lowest BCUT2D eigenvalue weighted by atomic mass is 10.4. The number of thioether (sulfide) groups is 1. The van der Waals surface area contributed by atoms with E-state index in [1.807, 2.05) is 6.92 Å². The zero-order chi connectivity index (χ0) is 8.15. The van der Waals surface area contributed by atoms with Crippen molar-refractivity contribution < 1.29 is 9.90 Å². The summed E-state index contributed by atoms with van der Waals surface area (Å²) in [7, 11) is 0. The summed E-state index contributed by atoms with van der Waals surface area (Å²) in [6, 6.07) is 0. The number of carbonyl (C=O) groups is 1.